The summed E-state index contributed by atoms with van der Waals surface area (Å²) in [7, 11) is 9.97. The molecule has 3 heterocycles. The average molecular weight is 1410 g/mol. The van der Waals surface area contributed by atoms with Gasteiger partial charge in [-0.05, 0) is 126 Å². The summed E-state index contributed by atoms with van der Waals surface area (Å²) in [6, 6.07) is -9.82. The standard InChI is InChI=1S/C70H114ClF3N12O12/c1-13-44(4)60-68(97)80(8)41-58(89)78(6)42-59(90)82(10)54(38-46-24-17-14-18-25-46)66(95)79(7)40-56(87)76-51(32-30-47-29-31-49(50(71)37-47)70(72,73)74)65(94)86-35-23-28-52(86)62(91)75-45(5)64(93)84(12)61(48-26-19-15-20-27-48)69(98)83(11)55(67(96)85-33-21-16-22-34-85)39-57(88)81(9)53(36-43(2)3)63(92)77-60/h43-55,60-61H,13-42H2,1-12H3,(H,75,91)(H,76,87)(H,77,92)/t44-,45+,47?,49?,50?,51-,52-,53-,54-,55-,60-,61-/m0/s1. The van der Waals surface area contributed by atoms with Gasteiger partial charge in [0.1, 0.15) is 48.3 Å². The number of nitrogens with one attached hydrogen (secondary N) is 3. The van der Waals surface area contributed by atoms with E-state index >= 15 is 9.59 Å². The van der Waals surface area contributed by atoms with Crippen LogP contribution in [0.4, 0.5) is 13.2 Å². The molecule has 0 spiro atoms. The van der Waals surface area contributed by atoms with E-state index in [0.29, 0.717) is 51.6 Å². The zero-order valence-electron chi connectivity index (χ0n) is 60.3. The molecular formula is C70H114ClF3N12O12. The molecule has 28 heteroatoms. The Labute approximate surface area is 583 Å². The van der Waals surface area contributed by atoms with Crippen LogP contribution in [0.15, 0.2) is 0 Å². The second kappa shape index (κ2) is 36.9. The van der Waals surface area contributed by atoms with Crippen LogP contribution in [0.2, 0.25) is 0 Å². The van der Waals surface area contributed by atoms with Crippen LogP contribution in [0.25, 0.3) is 0 Å². The van der Waals surface area contributed by atoms with Gasteiger partial charge < -0.3 is 60.0 Å². The number of amides is 12. The van der Waals surface area contributed by atoms with Gasteiger partial charge in [-0.2, -0.15) is 13.2 Å². The normalized spacial score (nSPS) is 30.0. The van der Waals surface area contributed by atoms with Crippen molar-refractivity contribution in [3.05, 3.63) is 0 Å². The van der Waals surface area contributed by atoms with Gasteiger partial charge in [0, 0.05) is 74.3 Å². The van der Waals surface area contributed by atoms with Gasteiger partial charge in [0.05, 0.1) is 32.0 Å². The van der Waals surface area contributed by atoms with E-state index in [1.807, 2.05) is 20.8 Å². The predicted octanol–water partition coefficient (Wildman–Crippen LogP) is 5.56. The Bertz CT molecular complexity index is 2800. The van der Waals surface area contributed by atoms with Crippen LogP contribution in [-0.4, -0.2) is 263 Å². The first-order valence-corrected chi connectivity index (χ1v) is 36.6. The van der Waals surface area contributed by atoms with Crippen molar-refractivity contribution in [1.29, 1.82) is 0 Å². The third-order valence-electron chi connectivity index (χ3n) is 22.0. The lowest BCUT2D eigenvalue weighted by Gasteiger charge is -2.41. The molecule has 98 heavy (non-hydrogen) atoms. The fourth-order valence-corrected chi connectivity index (χ4v) is 16.0. The Hall–Kier alpha value is -6.28. The van der Waals surface area contributed by atoms with E-state index in [4.69, 9.17) is 11.6 Å². The number of hydrogen-bond donors (Lipinski definition) is 3. The van der Waals surface area contributed by atoms with Crippen molar-refractivity contribution in [2.75, 3.05) is 88.6 Å². The van der Waals surface area contributed by atoms with E-state index in [2.05, 4.69) is 16.0 Å². The van der Waals surface area contributed by atoms with Gasteiger partial charge >= 0.3 is 6.18 Å². The molecule has 12 atom stereocenters. The number of carbonyl (C=O) groups is 12. The average Bonchev–Trinajstić information content (AvgIpc) is 0.972. The number of hydrogen-bond acceptors (Lipinski definition) is 12. The highest BCUT2D eigenvalue weighted by Crippen LogP contribution is 2.44. The maximum absolute atomic E-state index is 15.5. The van der Waals surface area contributed by atoms with Crippen molar-refractivity contribution in [2.24, 2.45) is 35.5 Å². The van der Waals surface area contributed by atoms with Gasteiger partial charge in [0.25, 0.3) is 0 Å². The Morgan fingerprint density at radius 1 is 0.561 bits per heavy atom. The van der Waals surface area contributed by atoms with Gasteiger partial charge in [-0.3, -0.25) is 57.5 Å². The first-order chi connectivity index (χ1) is 46.2. The first-order valence-electron chi connectivity index (χ1n) is 36.2. The number of alkyl halides is 4. The Morgan fingerprint density at radius 2 is 1.15 bits per heavy atom. The summed E-state index contributed by atoms with van der Waals surface area (Å²) in [6.45, 7) is 7.99. The van der Waals surface area contributed by atoms with Gasteiger partial charge in [0.15, 0.2) is 0 Å². The monoisotopic (exact) mass is 1410 g/mol. The highest BCUT2D eigenvalue weighted by molar-refractivity contribution is 6.20. The van der Waals surface area contributed by atoms with Crippen LogP contribution in [0.1, 0.15) is 189 Å². The summed E-state index contributed by atoms with van der Waals surface area (Å²) in [5, 5.41) is 7.28. The third kappa shape index (κ3) is 21.4. The quantitative estimate of drug-likeness (QED) is 0.215. The maximum atomic E-state index is 15.5. The van der Waals surface area contributed by atoms with E-state index < -0.39 is 175 Å². The molecule has 0 aromatic carbocycles. The minimum atomic E-state index is -4.51. The van der Waals surface area contributed by atoms with Crippen molar-refractivity contribution >= 4 is 82.5 Å². The molecule has 6 aliphatic rings. The highest BCUT2D eigenvalue weighted by Gasteiger charge is 2.49. The summed E-state index contributed by atoms with van der Waals surface area (Å²) in [6.07, 6.45) is 6.39. The lowest BCUT2D eigenvalue weighted by atomic mass is 9.78. The largest absolute Gasteiger partial charge is 0.393 e. The topological polar surface area (TPSA) is 270 Å². The molecule has 3 aliphatic carbocycles. The first kappa shape index (κ1) is 80.7. The molecule has 0 aromatic heterocycles. The number of likely N-dealkylation sites (N-methyl/N-ethyl adjacent to an activating group) is 7. The van der Waals surface area contributed by atoms with Crippen molar-refractivity contribution in [2.45, 2.75) is 249 Å². The Kier molecular flexibility index (Phi) is 30.4. The van der Waals surface area contributed by atoms with Crippen LogP contribution in [0.5, 0.6) is 0 Å². The minimum Gasteiger partial charge on any atom is -0.343 e. The summed E-state index contributed by atoms with van der Waals surface area (Å²) in [5.41, 5.74) is 0. The molecule has 554 valence electrons. The lowest BCUT2D eigenvalue weighted by Crippen LogP contribution is -2.61. The Balaban J connectivity index is 1.39. The van der Waals surface area contributed by atoms with E-state index in [0.717, 1.165) is 72.5 Å². The van der Waals surface area contributed by atoms with E-state index in [1.165, 1.54) is 80.8 Å². The molecule has 3 N–H and O–H groups in total. The van der Waals surface area contributed by atoms with Gasteiger partial charge in [0.2, 0.25) is 70.9 Å². The molecule has 3 aliphatic heterocycles. The molecule has 0 aromatic rings. The minimum absolute atomic E-state index is 0.00105. The zero-order valence-corrected chi connectivity index (χ0v) is 61.1. The number of likely N-dealkylation sites (tertiary alicyclic amines) is 1. The fraction of sp³-hybridized carbons (Fsp3) is 0.829. The van der Waals surface area contributed by atoms with Crippen molar-refractivity contribution in [1.82, 2.24) is 60.0 Å². The second-order valence-electron chi connectivity index (χ2n) is 29.7. The molecule has 24 nitrogen and oxygen atoms in total. The number of halogens is 4. The summed E-state index contributed by atoms with van der Waals surface area (Å²) >= 11 is 6.37. The van der Waals surface area contributed by atoms with E-state index in [1.54, 1.807) is 11.8 Å². The number of rotatable bonds is 11. The molecule has 6 fully saturated rings. The summed E-state index contributed by atoms with van der Waals surface area (Å²) < 4.78 is 41.9. The number of carbonyl (C=O) groups excluding carboxylic acids is 12. The third-order valence-corrected chi connectivity index (χ3v) is 22.5. The predicted molar refractivity (Wildman–Crippen MR) is 363 cm³/mol. The second-order valence-corrected chi connectivity index (χ2v) is 30.3. The molecule has 12 amide bonds. The number of nitrogens with zero attached hydrogens (tertiary/aromatic N) is 9. The number of fused-ring (bicyclic) bond motifs is 1. The van der Waals surface area contributed by atoms with Crippen molar-refractivity contribution < 1.29 is 70.7 Å². The van der Waals surface area contributed by atoms with E-state index in [-0.39, 0.29) is 75.7 Å². The lowest BCUT2D eigenvalue weighted by molar-refractivity contribution is -0.182. The molecule has 3 unspecified atom stereocenters. The van der Waals surface area contributed by atoms with Crippen molar-refractivity contribution in [3.8, 4) is 0 Å². The molecular weight excluding hydrogens is 1290 g/mol. The van der Waals surface area contributed by atoms with Crippen LogP contribution in [0, 0.1) is 35.5 Å². The van der Waals surface area contributed by atoms with Crippen LogP contribution < -0.4 is 16.0 Å². The fourth-order valence-electron chi connectivity index (χ4n) is 15.5. The van der Waals surface area contributed by atoms with Crippen molar-refractivity contribution in [3.63, 3.8) is 0 Å². The van der Waals surface area contributed by atoms with Crippen LogP contribution in [-0.2, 0) is 57.5 Å². The summed E-state index contributed by atoms with van der Waals surface area (Å²) in [5.74, 6) is -10.8. The van der Waals surface area contributed by atoms with Crippen LogP contribution in [0.3, 0.4) is 0 Å². The maximum Gasteiger partial charge on any atom is 0.393 e. The number of piperidine rings is 1. The molecule has 6 rings (SSSR count). The molecule has 3 saturated heterocycles. The molecule has 0 radical (unpaired) electrons. The smallest absolute Gasteiger partial charge is 0.343 e. The van der Waals surface area contributed by atoms with Crippen LogP contribution >= 0.6 is 11.6 Å². The Morgan fingerprint density at radius 3 is 1.76 bits per heavy atom. The SMILES string of the molecule is CC[C@H](C)[C@@H]1NC(=O)[C@H](CC(C)C)N(C)C(=O)C[C@@H](C(=O)N2CCCCC2)N(C)C(=O)[C@H](C2CCCCC2)N(C)C(=O)[C@@H](C)NC(=O)[C@@H]2CCCN2C(=O)[C@H](CCC2CCC(C(F)(F)F)C(Cl)C2)NC(=O)CN(C)C(=O)[C@H](CC2CCCCC2)N(C)C(=O)CN(C)C(=O)CN(C)C1=O. The highest BCUT2D eigenvalue weighted by atomic mass is 35.5. The van der Waals surface area contributed by atoms with Gasteiger partial charge in [-0.15, -0.1) is 11.6 Å². The summed E-state index contributed by atoms with van der Waals surface area (Å²) in [4.78, 5) is 189. The van der Waals surface area contributed by atoms with Gasteiger partial charge in [-0.1, -0.05) is 85.5 Å². The van der Waals surface area contributed by atoms with E-state index in [9.17, 15) is 61.1 Å². The van der Waals surface area contributed by atoms with Gasteiger partial charge in [-0.25, -0.2) is 0 Å². The zero-order chi connectivity index (χ0) is 72.6. The molecule has 3 saturated carbocycles. The molecule has 0 bridgehead atoms.